The molecule has 1 aromatic carbocycles. The third-order valence-corrected chi connectivity index (χ3v) is 4.45. The third kappa shape index (κ3) is 3.80. The summed E-state index contributed by atoms with van der Waals surface area (Å²) >= 11 is 1.79. The first kappa shape index (κ1) is 14.1. The van der Waals surface area contributed by atoms with Gasteiger partial charge in [-0.25, -0.2) is 4.98 Å². The van der Waals surface area contributed by atoms with Crippen molar-refractivity contribution in [3.05, 3.63) is 45.9 Å². The van der Waals surface area contributed by atoms with Crippen LogP contribution in [0.2, 0.25) is 0 Å². The highest BCUT2D eigenvalue weighted by Crippen LogP contribution is 2.27. The Kier molecular flexibility index (Phi) is 4.25. The van der Waals surface area contributed by atoms with Crippen molar-refractivity contribution in [3.8, 4) is 0 Å². The summed E-state index contributed by atoms with van der Waals surface area (Å²) < 4.78 is 0. The van der Waals surface area contributed by atoms with E-state index in [1.807, 2.05) is 6.20 Å². The second kappa shape index (κ2) is 5.74. The van der Waals surface area contributed by atoms with E-state index < -0.39 is 0 Å². The summed E-state index contributed by atoms with van der Waals surface area (Å²) in [6, 6.07) is 8.64. The minimum atomic E-state index is 0.145. The van der Waals surface area contributed by atoms with Crippen molar-refractivity contribution >= 4 is 17.0 Å². The molecule has 0 saturated heterocycles. The van der Waals surface area contributed by atoms with Gasteiger partial charge in [0.1, 0.15) is 0 Å². The van der Waals surface area contributed by atoms with Crippen molar-refractivity contribution in [2.24, 2.45) is 0 Å². The molecule has 2 aromatic rings. The second-order valence-electron chi connectivity index (χ2n) is 5.79. The van der Waals surface area contributed by atoms with Crippen molar-refractivity contribution < 1.29 is 0 Å². The maximum Gasteiger partial charge on any atom is 0.0981 e. The molecule has 0 amide bonds. The van der Waals surface area contributed by atoms with Gasteiger partial charge in [0.15, 0.2) is 0 Å². The maximum atomic E-state index is 4.51. The van der Waals surface area contributed by atoms with Gasteiger partial charge in [-0.3, -0.25) is 0 Å². The van der Waals surface area contributed by atoms with E-state index in [1.165, 1.54) is 21.1 Å². The van der Waals surface area contributed by atoms with Crippen molar-refractivity contribution in [1.29, 1.82) is 0 Å². The Balaban J connectivity index is 1.96. The molecule has 0 unspecified atom stereocenters. The molecule has 0 saturated carbocycles. The fraction of sp³-hybridized carbons (Fsp3) is 0.438. The van der Waals surface area contributed by atoms with Gasteiger partial charge in [0.05, 0.1) is 11.6 Å². The van der Waals surface area contributed by atoms with Gasteiger partial charge in [0.25, 0.3) is 0 Å². The number of aryl methyl sites for hydroxylation is 1. The average Bonchev–Trinajstić information content (AvgIpc) is 2.86. The van der Waals surface area contributed by atoms with Gasteiger partial charge in [0, 0.05) is 22.2 Å². The first-order valence-electron chi connectivity index (χ1n) is 6.77. The lowest BCUT2D eigenvalue weighted by Crippen LogP contribution is -2.09. The SMILES string of the molecule is CCc1ccc(NCc2cnc(C(C)(C)C)s2)cc1. The number of nitrogens with zero attached hydrogens (tertiary/aromatic N) is 1. The number of thiazole rings is 1. The minimum Gasteiger partial charge on any atom is -0.380 e. The van der Waals surface area contributed by atoms with Crippen LogP contribution in [-0.2, 0) is 18.4 Å². The fourth-order valence-corrected chi connectivity index (χ4v) is 2.69. The standard InChI is InChI=1S/C16H22N2S/c1-5-12-6-8-13(9-7-12)17-10-14-11-18-15(19-14)16(2,3)4/h6-9,11,17H,5,10H2,1-4H3. The van der Waals surface area contributed by atoms with E-state index in [9.17, 15) is 0 Å². The van der Waals surface area contributed by atoms with E-state index in [2.05, 4.69) is 62.3 Å². The van der Waals surface area contributed by atoms with Crippen LogP contribution in [0.25, 0.3) is 0 Å². The Labute approximate surface area is 119 Å². The predicted octanol–water partition coefficient (Wildman–Crippen LogP) is 4.62. The highest BCUT2D eigenvalue weighted by atomic mass is 32.1. The maximum absolute atomic E-state index is 4.51. The number of nitrogens with one attached hydrogen (secondary N) is 1. The van der Waals surface area contributed by atoms with Crippen LogP contribution in [0.4, 0.5) is 5.69 Å². The summed E-state index contributed by atoms with van der Waals surface area (Å²) in [5.41, 5.74) is 2.69. The predicted molar refractivity (Wildman–Crippen MR) is 84.0 cm³/mol. The molecule has 19 heavy (non-hydrogen) atoms. The van der Waals surface area contributed by atoms with E-state index in [-0.39, 0.29) is 5.41 Å². The molecule has 0 fully saturated rings. The van der Waals surface area contributed by atoms with Crippen molar-refractivity contribution in [2.45, 2.75) is 46.1 Å². The molecule has 102 valence electrons. The van der Waals surface area contributed by atoms with Gasteiger partial charge in [-0.2, -0.15) is 0 Å². The molecule has 2 nitrogen and oxygen atoms in total. The first-order chi connectivity index (χ1) is 8.99. The van der Waals surface area contributed by atoms with Gasteiger partial charge in [-0.05, 0) is 24.1 Å². The number of hydrogen-bond acceptors (Lipinski definition) is 3. The molecule has 0 aliphatic carbocycles. The molecule has 1 aromatic heterocycles. The molecule has 0 atom stereocenters. The van der Waals surface area contributed by atoms with Gasteiger partial charge in [-0.15, -0.1) is 11.3 Å². The molecule has 0 radical (unpaired) electrons. The number of benzene rings is 1. The summed E-state index contributed by atoms with van der Waals surface area (Å²) in [5.74, 6) is 0. The zero-order chi connectivity index (χ0) is 13.9. The number of hydrogen-bond donors (Lipinski definition) is 1. The molecule has 2 rings (SSSR count). The number of anilines is 1. The summed E-state index contributed by atoms with van der Waals surface area (Å²) in [4.78, 5) is 5.79. The lowest BCUT2D eigenvalue weighted by Gasteiger charge is -2.13. The van der Waals surface area contributed by atoms with Crippen LogP contribution < -0.4 is 5.32 Å². The van der Waals surface area contributed by atoms with Crippen molar-refractivity contribution in [3.63, 3.8) is 0 Å². The van der Waals surface area contributed by atoms with Crippen LogP contribution in [0.1, 0.15) is 43.1 Å². The molecule has 0 aliphatic rings. The molecular weight excluding hydrogens is 252 g/mol. The highest BCUT2D eigenvalue weighted by molar-refractivity contribution is 7.11. The number of rotatable bonds is 4. The van der Waals surface area contributed by atoms with Crippen LogP contribution >= 0.6 is 11.3 Å². The van der Waals surface area contributed by atoms with Crippen LogP contribution in [0.3, 0.4) is 0 Å². The van der Waals surface area contributed by atoms with Crippen LogP contribution in [-0.4, -0.2) is 4.98 Å². The molecule has 3 heteroatoms. The normalized spacial score (nSPS) is 11.6. The second-order valence-corrected chi connectivity index (χ2v) is 6.90. The largest absolute Gasteiger partial charge is 0.380 e. The Bertz CT molecular complexity index is 520. The minimum absolute atomic E-state index is 0.145. The smallest absolute Gasteiger partial charge is 0.0981 e. The summed E-state index contributed by atoms with van der Waals surface area (Å²) in [6.45, 7) is 9.62. The van der Waals surface area contributed by atoms with Crippen molar-refractivity contribution in [1.82, 2.24) is 4.98 Å². The monoisotopic (exact) mass is 274 g/mol. The molecule has 0 spiro atoms. The lowest BCUT2D eigenvalue weighted by atomic mass is 9.98. The molecular formula is C16H22N2S. The molecule has 0 bridgehead atoms. The quantitative estimate of drug-likeness (QED) is 0.880. The first-order valence-corrected chi connectivity index (χ1v) is 7.58. The van der Waals surface area contributed by atoms with E-state index in [1.54, 1.807) is 11.3 Å². The highest BCUT2D eigenvalue weighted by Gasteiger charge is 2.17. The van der Waals surface area contributed by atoms with Gasteiger partial charge >= 0.3 is 0 Å². The summed E-state index contributed by atoms with van der Waals surface area (Å²) in [5, 5.41) is 4.65. The fourth-order valence-electron chi connectivity index (χ4n) is 1.78. The Morgan fingerprint density at radius 1 is 1.16 bits per heavy atom. The van der Waals surface area contributed by atoms with Gasteiger partial charge in [0.2, 0.25) is 0 Å². The van der Waals surface area contributed by atoms with E-state index in [0.717, 1.165) is 13.0 Å². The number of aromatic nitrogens is 1. The van der Waals surface area contributed by atoms with Crippen LogP contribution in [0.15, 0.2) is 30.5 Å². The summed E-state index contributed by atoms with van der Waals surface area (Å²) in [6.07, 6.45) is 3.07. The zero-order valence-electron chi connectivity index (χ0n) is 12.2. The third-order valence-electron chi connectivity index (χ3n) is 3.02. The van der Waals surface area contributed by atoms with E-state index in [0.29, 0.717) is 0 Å². The van der Waals surface area contributed by atoms with Crippen LogP contribution in [0.5, 0.6) is 0 Å². The zero-order valence-corrected chi connectivity index (χ0v) is 13.0. The Morgan fingerprint density at radius 3 is 2.37 bits per heavy atom. The topological polar surface area (TPSA) is 24.9 Å². The molecule has 0 aliphatic heterocycles. The van der Waals surface area contributed by atoms with E-state index in [4.69, 9.17) is 0 Å². The molecule has 1 heterocycles. The Hall–Kier alpha value is -1.35. The van der Waals surface area contributed by atoms with Crippen molar-refractivity contribution in [2.75, 3.05) is 5.32 Å². The van der Waals surface area contributed by atoms with E-state index >= 15 is 0 Å². The van der Waals surface area contributed by atoms with Gasteiger partial charge < -0.3 is 5.32 Å². The molecule has 1 N–H and O–H groups in total. The van der Waals surface area contributed by atoms with Crippen LogP contribution in [0, 0.1) is 0 Å². The summed E-state index contributed by atoms with van der Waals surface area (Å²) in [7, 11) is 0. The van der Waals surface area contributed by atoms with Gasteiger partial charge in [-0.1, -0.05) is 39.8 Å². The lowest BCUT2D eigenvalue weighted by molar-refractivity contribution is 0.585. The average molecular weight is 274 g/mol. The Morgan fingerprint density at radius 2 is 1.84 bits per heavy atom.